The molecule has 2 aliphatic rings. The van der Waals surface area contributed by atoms with Crippen molar-refractivity contribution in [1.29, 1.82) is 0 Å². The first kappa shape index (κ1) is 21.4. The van der Waals surface area contributed by atoms with Crippen LogP contribution in [0.15, 0.2) is 29.3 Å². The van der Waals surface area contributed by atoms with Crippen molar-refractivity contribution in [2.24, 2.45) is 10.9 Å². The molecule has 0 radical (unpaired) electrons. The highest BCUT2D eigenvalue weighted by atomic mass is 127. The minimum absolute atomic E-state index is 0. The van der Waals surface area contributed by atoms with Crippen molar-refractivity contribution in [2.45, 2.75) is 45.9 Å². The van der Waals surface area contributed by atoms with Crippen molar-refractivity contribution in [3.05, 3.63) is 35.4 Å². The summed E-state index contributed by atoms with van der Waals surface area (Å²) < 4.78 is 5.63. The van der Waals surface area contributed by atoms with Crippen molar-refractivity contribution in [3.63, 3.8) is 0 Å². The molecule has 1 unspecified atom stereocenters. The lowest BCUT2D eigenvalue weighted by atomic mass is 10.1. The number of halogens is 1. The van der Waals surface area contributed by atoms with Crippen LogP contribution in [0.1, 0.15) is 37.8 Å². The SMILES string of the molecule is CCNC(=NCc1cccc(CN2CCOC(C)C2)c1)NCC1CC1.I. The van der Waals surface area contributed by atoms with E-state index < -0.39 is 0 Å². The normalized spacial score (nSPS) is 21.2. The van der Waals surface area contributed by atoms with E-state index in [-0.39, 0.29) is 24.0 Å². The molecule has 0 aromatic heterocycles. The second-order valence-electron chi connectivity index (χ2n) is 7.26. The van der Waals surface area contributed by atoms with E-state index in [4.69, 9.17) is 9.73 Å². The van der Waals surface area contributed by atoms with E-state index in [1.54, 1.807) is 0 Å². The standard InChI is InChI=1S/C20H32N4O.HI/c1-3-21-20(22-12-17-7-8-17)23-13-18-5-4-6-19(11-18)15-24-9-10-25-16(2)14-24;/h4-6,11,16-17H,3,7-10,12-15H2,1-2H3,(H2,21,22,23);1H. The molecule has 2 fully saturated rings. The predicted molar refractivity (Wildman–Crippen MR) is 118 cm³/mol. The molecule has 1 aliphatic heterocycles. The number of rotatable bonds is 7. The van der Waals surface area contributed by atoms with Crippen molar-refractivity contribution >= 4 is 29.9 Å². The first-order valence-electron chi connectivity index (χ1n) is 9.67. The van der Waals surface area contributed by atoms with Crippen LogP contribution in [0.4, 0.5) is 0 Å². The van der Waals surface area contributed by atoms with E-state index in [1.165, 1.54) is 24.0 Å². The van der Waals surface area contributed by atoms with Gasteiger partial charge in [0.05, 0.1) is 19.3 Å². The Kier molecular flexibility index (Phi) is 9.15. The molecule has 1 saturated heterocycles. The Hall–Kier alpha value is -0.860. The smallest absolute Gasteiger partial charge is 0.191 e. The molecule has 1 saturated carbocycles. The van der Waals surface area contributed by atoms with E-state index in [0.717, 1.165) is 51.2 Å². The summed E-state index contributed by atoms with van der Waals surface area (Å²) in [6.45, 7) is 10.8. The Balaban J connectivity index is 0.00000243. The number of nitrogens with one attached hydrogen (secondary N) is 2. The van der Waals surface area contributed by atoms with Gasteiger partial charge in [-0.25, -0.2) is 4.99 Å². The second-order valence-corrected chi connectivity index (χ2v) is 7.26. The Bertz CT molecular complexity index is 577. The van der Waals surface area contributed by atoms with Gasteiger partial charge in [-0.3, -0.25) is 4.90 Å². The van der Waals surface area contributed by atoms with Crippen LogP contribution in [-0.2, 0) is 17.8 Å². The largest absolute Gasteiger partial charge is 0.376 e. The monoisotopic (exact) mass is 472 g/mol. The molecule has 6 heteroatoms. The molecule has 26 heavy (non-hydrogen) atoms. The van der Waals surface area contributed by atoms with Gasteiger partial charge in [-0.15, -0.1) is 24.0 Å². The summed E-state index contributed by atoms with van der Waals surface area (Å²) in [6, 6.07) is 8.81. The molecule has 2 N–H and O–H groups in total. The van der Waals surface area contributed by atoms with Crippen LogP contribution in [0.25, 0.3) is 0 Å². The highest BCUT2D eigenvalue weighted by Crippen LogP contribution is 2.27. The lowest BCUT2D eigenvalue weighted by Gasteiger charge is -2.31. The van der Waals surface area contributed by atoms with Crippen molar-refractivity contribution in [3.8, 4) is 0 Å². The predicted octanol–water partition coefficient (Wildman–Crippen LogP) is 2.99. The van der Waals surface area contributed by atoms with E-state index in [0.29, 0.717) is 12.6 Å². The number of hydrogen-bond donors (Lipinski definition) is 2. The van der Waals surface area contributed by atoms with Gasteiger partial charge in [0.25, 0.3) is 0 Å². The Labute approximate surface area is 175 Å². The lowest BCUT2D eigenvalue weighted by Crippen LogP contribution is -2.40. The maximum Gasteiger partial charge on any atom is 0.191 e. The van der Waals surface area contributed by atoms with Crippen LogP contribution in [0.5, 0.6) is 0 Å². The number of hydrogen-bond acceptors (Lipinski definition) is 3. The highest BCUT2D eigenvalue weighted by molar-refractivity contribution is 14.0. The maximum atomic E-state index is 5.63. The molecule has 3 rings (SSSR count). The number of benzene rings is 1. The summed E-state index contributed by atoms with van der Waals surface area (Å²) in [5.74, 6) is 1.78. The van der Waals surface area contributed by atoms with E-state index in [1.807, 2.05) is 0 Å². The average Bonchev–Trinajstić information content (AvgIpc) is 3.42. The zero-order valence-electron chi connectivity index (χ0n) is 16.0. The van der Waals surface area contributed by atoms with Gasteiger partial charge in [-0.05, 0) is 43.7 Å². The molecule has 1 aromatic carbocycles. The lowest BCUT2D eigenvalue weighted by molar-refractivity contribution is -0.0212. The fraction of sp³-hybridized carbons (Fsp3) is 0.650. The topological polar surface area (TPSA) is 48.9 Å². The molecule has 0 spiro atoms. The van der Waals surface area contributed by atoms with Crippen LogP contribution in [0, 0.1) is 5.92 Å². The number of aliphatic imine (C=N–C) groups is 1. The third kappa shape index (κ3) is 7.40. The van der Waals surface area contributed by atoms with Crippen LogP contribution in [0.3, 0.4) is 0 Å². The minimum atomic E-state index is 0. The maximum absolute atomic E-state index is 5.63. The first-order valence-corrected chi connectivity index (χ1v) is 9.67. The second kappa shape index (κ2) is 11.1. The first-order chi connectivity index (χ1) is 12.2. The number of morpholine rings is 1. The summed E-state index contributed by atoms with van der Waals surface area (Å²) in [5, 5.41) is 6.79. The van der Waals surface area contributed by atoms with E-state index in [2.05, 4.69) is 53.6 Å². The Morgan fingerprint density at radius 1 is 1.27 bits per heavy atom. The van der Waals surface area contributed by atoms with Gasteiger partial charge in [-0.1, -0.05) is 24.3 Å². The molecular weight excluding hydrogens is 439 g/mol. The van der Waals surface area contributed by atoms with Gasteiger partial charge in [0.1, 0.15) is 0 Å². The molecule has 1 atom stereocenters. The highest BCUT2D eigenvalue weighted by Gasteiger charge is 2.21. The van der Waals surface area contributed by atoms with Gasteiger partial charge in [-0.2, -0.15) is 0 Å². The van der Waals surface area contributed by atoms with Gasteiger partial charge in [0.15, 0.2) is 5.96 Å². The van der Waals surface area contributed by atoms with Crippen LogP contribution in [-0.4, -0.2) is 49.7 Å². The summed E-state index contributed by atoms with van der Waals surface area (Å²) in [6.07, 6.45) is 3.05. The van der Waals surface area contributed by atoms with Crippen molar-refractivity contribution < 1.29 is 4.74 Å². The molecule has 0 bridgehead atoms. The molecule has 1 aromatic rings. The van der Waals surface area contributed by atoms with Crippen molar-refractivity contribution in [2.75, 3.05) is 32.8 Å². The third-order valence-corrected chi connectivity index (χ3v) is 4.74. The molecule has 1 heterocycles. The number of nitrogens with zero attached hydrogens (tertiary/aromatic N) is 2. The molecular formula is C20H33IN4O. The van der Waals surface area contributed by atoms with Gasteiger partial charge in [0.2, 0.25) is 0 Å². The van der Waals surface area contributed by atoms with E-state index in [9.17, 15) is 0 Å². The summed E-state index contributed by atoms with van der Waals surface area (Å²) in [4.78, 5) is 7.21. The van der Waals surface area contributed by atoms with Crippen molar-refractivity contribution in [1.82, 2.24) is 15.5 Å². The van der Waals surface area contributed by atoms with E-state index >= 15 is 0 Å². The van der Waals surface area contributed by atoms with Crippen LogP contribution >= 0.6 is 24.0 Å². The minimum Gasteiger partial charge on any atom is -0.376 e. The van der Waals surface area contributed by atoms with Gasteiger partial charge in [0, 0.05) is 32.7 Å². The third-order valence-electron chi connectivity index (χ3n) is 4.74. The average molecular weight is 472 g/mol. The number of ether oxygens (including phenoxy) is 1. The zero-order chi connectivity index (χ0) is 17.5. The van der Waals surface area contributed by atoms with Crippen LogP contribution < -0.4 is 10.6 Å². The summed E-state index contributed by atoms with van der Waals surface area (Å²) >= 11 is 0. The molecule has 146 valence electrons. The Morgan fingerprint density at radius 2 is 2.08 bits per heavy atom. The fourth-order valence-corrected chi connectivity index (χ4v) is 3.19. The molecule has 1 aliphatic carbocycles. The zero-order valence-corrected chi connectivity index (χ0v) is 18.4. The van der Waals surface area contributed by atoms with Gasteiger partial charge >= 0.3 is 0 Å². The Morgan fingerprint density at radius 3 is 2.81 bits per heavy atom. The molecule has 5 nitrogen and oxygen atoms in total. The molecule has 0 amide bonds. The quantitative estimate of drug-likeness (QED) is 0.364. The summed E-state index contributed by atoms with van der Waals surface area (Å²) in [5.41, 5.74) is 2.63. The fourth-order valence-electron chi connectivity index (χ4n) is 3.19. The van der Waals surface area contributed by atoms with Crippen LogP contribution in [0.2, 0.25) is 0 Å². The van der Waals surface area contributed by atoms with Gasteiger partial charge < -0.3 is 15.4 Å². The number of guanidine groups is 1. The summed E-state index contributed by atoms with van der Waals surface area (Å²) in [7, 11) is 0.